The number of carbonyl (C=O) groups excluding carboxylic acids is 1. The van der Waals surface area contributed by atoms with Crippen LogP contribution in [0.4, 0.5) is 0 Å². The predicted octanol–water partition coefficient (Wildman–Crippen LogP) is 3.86. The van der Waals surface area contributed by atoms with Crippen LogP contribution in [0.25, 0.3) is 0 Å². The molecule has 0 aliphatic carbocycles. The highest BCUT2D eigenvalue weighted by Crippen LogP contribution is 2.28. The van der Waals surface area contributed by atoms with E-state index < -0.39 is 5.97 Å². The molecule has 1 aliphatic rings. The third kappa shape index (κ3) is 3.18. The summed E-state index contributed by atoms with van der Waals surface area (Å²) in [5.41, 5.74) is 3.90. The van der Waals surface area contributed by atoms with Crippen molar-refractivity contribution in [3.05, 3.63) is 58.0 Å². The molecule has 0 spiro atoms. The molecule has 0 unspecified atom stereocenters. The largest absolute Gasteiger partial charge is 0.478 e. The molecule has 0 saturated carbocycles. The zero-order chi connectivity index (χ0) is 18.1. The van der Waals surface area contributed by atoms with Crippen molar-refractivity contribution in [3.63, 3.8) is 0 Å². The van der Waals surface area contributed by atoms with E-state index in [9.17, 15) is 14.7 Å². The molecule has 3 rings (SSSR count). The van der Waals surface area contributed by atoms with Gasteiger partial charge in [0, 0.05) is 25.6 Å². The Balaban J connectivity index is 1.86. The monoisotopic (exact) mass is 341 g/mol. The van der Waals surface area contributed by atoms with Gasteiger partial charge in [0.25, 0.3) is 5.91 Å². The lowest BCUT2D eigenvalue weighted by atomic mass is 9.89. The minimum Gasteiger partial charge on any atom is -0.478 e. The Morgan fingerprint density at radius 1 is 1.32 bits per heavy atom. The van der Waals surface area contributed by atoms with E-state index in [1.54, 1.807) is 4.90 Å². The van der Waals surface area contributed by atoms with Gasteiger partial charge in [0.2, 0.25) is 0 Å². The number of carboxylic acid groups (broad SMARTS) is 1. The van der Waals surface area contributed by atoms with Crippen LogP contribution in [-0.2, 0) is 19.4 Å². The Morgan fingerprint density at radius 3 is 2.68 bits per heavy atom. The maximum atomic E-state index is 12.8. The third-order valence-corrected chi connectivity index (χ3v) is 4.78. The van der Waals surface area contributed by atoms with Gasteiger partial charge in [-0.05, 0) is 29.0 Å². The maximum absolute atomic E-state index is 12.8. The van der Waals surface area contributed by atoms with Crippen LogP contribution in [0.15, 0.2) is 28.7 Å². The molecule has 1 amide bonds. The van der Waals surface area contributed by atoms with Crippen LogP contribution in [0.5, 0.6) is 0 Å². The fraction of sp³-hybridized carbons (Fsp3) is 0.400. The molecule has 1 aromatic heterocycles. The maximum Gasteiger partial charge on any atom is 0.339 e. The number of aryl methyl sites for hydroxylation is 1. The number of hydrogen-bond acceptors (Lipinski definition) is 3. The van der Waals surface area contributed by atoms with Gasteiger partial charge in [0.05, 0.1) is 0 Å². The quantitative estimate of drug-likeness (QED) is 0.916. The average Bonchev–Trinajstić information content (AvgIpc) is 3.04. The molecule has 0 bridgehead atoms. The highest BCUT2D eigenvalue weighted by molar-refractivity contribution is 5.96. The van der Waals surface area contributed by atoms with Gasteiger partial charge in [0.15, 0.2) is 5.76 Å². The number of aromatic carboxylic acids is 1. The second-order valence-electron chi connectivity index (χ2n) is 6.72. The summed E-state index contributed by atoms with van der Waals surface area (Å²) >= 11 is 0. The van der Waals surface area contributed by atoms with Crippen LogP contribution >= 0.6 is 0 Å². The van der Waals surface area contributed by atoms with E-state index in [2.05, 4.69) is 26.0 Å². The van der Waals surface area contributed by atoms with Crippen molar-refractivity contribution >= 4 is 11.9 Å². The Morgan fingerprint density at radius 2 is 2.08 bits per heavy atom. The molecule has 0 saturated heterocycles. The number of fused-ring (bicyclic) bond motifs is 1. The van der Waals surface area contributed by atoms with E-state index in [-0.39, 0.29) is 17.2 Å². The van der Waals surface area contributed by atoms with Crippen molar-refractivity contribution in [3.8, 4) is 0 Å². The zero-order valence-electron chi connectivity index (χ0n) is 14.8. The Hall–Kier alpha value is -2.56. The summed E-state index contributed by atoms with van der Waals surface area (Å²) in [5, 5.41) is 9.23. The van der Waals surface area contributed by atoms with Gasteiger partial charge in [-0.15, -0.1) is 0 Å². The first-order chi connectivity index (χ1) is 11.9. The summed E-state index contributed by atoms with van der Waals surface area (Å²) in [7, 11) is 0. The molecule has 0 atom stereocenters. The molecule has 2 aromatic rings. The Kier molecular flexibility index (Phi) is 4.66. The molecule has 1 aromatic carbocycles. The number of rotatable bonds is 4. The molecule has 0 radical (unpaired) electrons. The highest BCUT2D eigenvalue weighted by atomic mass is 16.4. The van der Waals surface area contributed by atoms with Gasteiger partial charge in [-0.25, -0.2) is 4.79 Å². The first kappa shape index (κ1) is 17.3. The summed E-state index contributed by atoms with van der Waals surface area (Å²) < 4.78 is 5.52. The Labute approximate surface area is 147 Å². The van der Waals surface area contributed by atoms with Crippen molar-refractivity contribution in [2.24, 2.45) is 0 Å². The standard InChI is InChI=1S/C20H23NO4/c1-4-17-16(20(23)24)10-18(25-17)19(22)21-9-8-15-13(11-21)6-5-7-14(15)12(2)3/h5-7,10,12H,4,8-9,11H2,1-3H3,(H,23,24). The van der Waals surface area contributed by atoms with Gasteiger partial charge >= 0.3 is 5.97 Å². The first-order valence-corrected chi connectivity index (χ1v) is 8.68. The lowest BCUT2D eigenvalue weighted by molar-refractivity contribution is 0.0686. The minimum atomic E-state index is -1.06. The number of carboxylic acids is 1. The van der Waals surface area contributed by atoms with Crippen molar-refractivity contribution in [1.29, 1.82) is 0 Å². The summed E-state index contributed by atoms with van der Waals surface area (Å²) in [6.45, 7) is 7.30. The van der Waals surface area contributed by atoms with Crippen molar-refractivity contribution in [2.75, 3.05) is 6.54 Å². The number of furan rings is 1. The highest BCUT2D eigenvalue weighted by Gasteiger charge is 2.27. The van der Waals surface area contributed by atoms with Crippen LogP contribution in [0.3, 0.4) is 0 Å². The molecule has 132 valence electrons. The van der Waals surface area contributed by atoms with E-state index in [0.717, 1.165) is 12.0 Å². The average molecular weight is 341 g/mol. The molecule has 2 heterocycles. The number of carbonyl (C=O) groups is 2. The molecule has 0 fully saturated rings. The second kappa shape index (κ2) is 6.75. The number of nitrogens with zero attached hydrogens (tertiary/aromatic N) is 1. The first-order valence-electron chi connectivity index (χ1n) is 8.68. The minimum absolute atomic E-state index is 0.0744. The summed E-state index contributed by atoms with van der Waals surface area (Å²) in [5.74, 6) is -0.409. The van der Waals surface area contributed by atoms with E-state index in [1.165, 1.54) is 17.2 Å². The Bertz CT molecular complexity index is 819. The van der Waals surface area contributed by atoms with Gasteiger partial charge in [0.1, 0.15) is 11.3 Å². The van der Waals surface area contributed by atoms with Crippen LogP contribution in [-0.4, -0.2) is 28.4 Å². The van der Waals surface area contributed by atoms with Crippen LogP contribution in [0, 0.1) is 0 Å². The number of hydrogen-bond donors (Lipinski definition) is 1. The molecular formula is C20H23NO4. The van der Waals surface area contributed by atoms with Crippen molar-refractivity contribution < 1.29 is 19.1 Å². The summed E-state index contributed by atoms with van der Waals surface area (Å²) in [6.07, 6.45) is 1.25. The molecule has 5 nitrogen and oxygen atoms in total. The summed E-state index contributed by atoms with van der Waals surface area (Å²) in [6, 6.07) is 7.60. The molecule has 5 heteroatoms. The third-order valence-electron chi connectivity index (χ3n) is 4.78. The summed E-state index contributed by atoms with van der Waals surface area (Å²) in [4.78, 5) is 25.8. The molecule has 25 heavy (non-hydrogen) atoms. The van der Waals surface area contributed by atoms with Crippen molar-refractivity contribution in [1.82, 2.24) is 4.90 Å². The lowest BCUT2D eigenvalue weighted by Gasteiger charge is -2.30. The normalized spacial score (nSPS) is 13.8. The van der Waals surface area contributed by atoms with Gasteiger partial charge in [-0.2, -0.15) is 0 Å². The smallest absolute Gasteiger partial charge is 0.339 e. The van der Waals surface area contributed by atoms with Gasteiger partial charge in [-0.1, -0.05) is 39.0 Å². The predicted molar refractivity (Wildman–Crippen MR) is 94.0 cm³/mol. The fourth-order valence-corrected chi connectivity index (χ4v) is 3.49. The van der Waals surface area contributed by atoms with E-state index >= 15 is 0 Å². The van der Waals surface area contributed by atoms with Gasteiger partial charge in [-0.3, -0.25) is 4.79 Å². The van der Waals surface area contributed by atoms with E-state index in [1.807, 2.05) is 13.0 Å². The van der Waals surface area contributed by atoms with Crippen LogP contribution < -0.4 is 0 Å². The SMILES string of the molecule is CCc1oc(C(=O)N2CCc3c(cccc3C(C)C)C2)cc1C(=O)O. The van der Waals surface area contributed by atoms with E-state index in [4.69, 9.17) is 4.42 Å². The number of amides is 1. The molecular weight excluding hydrogens is 318 g/mol. The molecule has 1 N–H and O–H groups in total. The lowest BCUT2D eigenvalue weighted by Crippen LogP contribution is -2.36. The van der Waals surface area contributed by atoms with Gasteiger partial charge < -0.3 is 14.4 Å². The molecule has 1 aliphatic heterocycles. The zero-order valence-corrected chi connectivity index (χ0v) is 14.8. The van der Waals surface area contributed by atoms with E-state index in [0.29, 0.717) is 31.2 Å². The number of benzene rings is 1. The van der Waals surface area contributed by atoms with Crippen LogP contribution in [0.1, 0.15) is 70.1 Å². The van der Waals surface area contributed by atoms with Crippen molar-refractivity contribution in [2.45, 2.75) is 46.1 Å². The topological polar surface area (TPSA) is 70.8 Å². The second-order valence-corrected chi connectivity index (χ2v) is 6.72. The van der Waals surface area contributed by atoms with Crippen LogP contribution in [0.2, 0.25) is 0 Å². The fourth-order valence-electron chi connectivity index (χ4n) is 3.49.